The summed E-state index contributed by atoms with van der Waals surface area (Å²) in [5.74, 6) is -0.150. The number of allylic oxidation sites excluding steroid dienone is 1. The maximum Gasteiger partial charge on any atom is 0.269 e. The van der Waals surface area contributed by atoms with Crippen LogP contribution >= 0.6 is 0 Å². The second-order valence-electron chi connectivity index (χ2n) is 4.13. The number of carbonyl (C=O) groups excluding carboxylic acids is 1. The van der Waals surface area contributed by atoms with E-state index in [4.69, 9.17) is 0 Å². The molecule has 0 aliphatic rings. The Labute approximate surface area is 115 Å². The Balaban J connectivity index is 2.08. The molecule has 0 N–H and O–H groups in total. The molecule has 0 saturated heterocycles. The van der Waals surface area contributed by atoms with Gasteiger partial charge >= 0.3 is 0 Å². The molecule has 2 rings (SSSR count). The van der Waals surface area contributed by atoms with Gasteiger partial charge in [-0.15, -0.1) is 0 Å². The maximum atomic E-state index is 11.9. The van der Waals surface area contributed by atoms with Crippen LogP contribution < -0.4 is 0 Å². The Kier molecular flexibility index (Phi) is 4.05. The molecular weight excluding hydrogens is 258 g/mol. The second kappa shape index (κ2) is 5.92. The number of ketones is 1. The monoisotopic (exact) mass is 271 g/mol. The first-order valence-electron chi connectivity index (χ1n) is 6.09. The first-order valence-corrected chi connectivity index (χ1v) is 6.09. The quantitative estimate of drug-likeness (QED) is 0.362. The number of carbonyl (C=O) groups is 1. The van der Waals surface area contributed by atoms with E-state index in [1.54, 1.807) is 29.1 Å². The fraction of sp³-hybridized carbons (Fsp3) is 0.143. The number of nitro groups is 1. The fourth-order valence-corrected chi connectivity index (χ4v) is 1.64. The molecule has 2 aromatic rings. The van der Waals surface area contributed by atoms with Gasteiger partial charge in [-0.1, -0.05) is 6.08 Å². The number of nitrogens with zero attached hydrogens (tertiary/aromatic N) is 3. The highest BCUT2D eigenvalue weighted by Crippen LogP contribution is 2.13. The minimum absolute atomic E-state index is 0.0256. The first-order chi connectivity index (χ1) is 9.60. The van der Waals surface area contributed by atoms with E-state index in [1.165, 1.54) is 24.4 Å². The highest BCUT2D eigenvalue weighted by Gasteiger charge is 2.05. The van der Waals surface area contributed by atoms with Gasteiger partial charge in [-0.3, -0.25) is 19.6 Å². The van der Waals surface area contributed by atoms with Gasteiger partial charge in [0.05, 0.1) is 16.7 Å². The zero-order valence-electron chi connectivity index (χ0n) is 10.9. The molecule has 20 heavy (non-hydrogen) atoms. The molecule has 0 amide bonds. The van der Waals surface area contributed by atoms with E-state index in [0.717, 1.165) is 5.56 Å². The van der Waals surface area contributed by atoms with E-state index in [-0.39, 0.29) is 11.5 Å². The molecule has 6 nitrogen and oxygen atoms in total. The number of benzene rings is 1. The average Bonchev–Trinajstić information content (AvgIpc) is 2.94. The van der Waals surface area contributed by atoms with Crippen LogP contribution in [0, 0.1) is 10.1 Å². The van der Waals surface area contributed by atoms with Gasteiger partial charge in [-0.05, 0) is 30.7 Å². The molecule has 0 aliphatic heterocycles. The van der Waals surface area contributed by atoms with Crippen molar-refractivity contribution in [2.75, 3.05) is 0 Å². The van der Waals surface area contributed by atoms with Crippen molar-refractivity contribution in [3.05, 3.63) is 64.0 Å². The lowest BCUT2D eigenvalue weighted by molar-refractivity contribution is -0.384. The molecule has 1 aromatic carbocycles. The summed E-state index contributed by atoms with van der Waals surface area (Å²) in [6, 6.07) is 5.99. The van der Waals surface area contributed by atoms with Crippen molar-refractivity contribution < 1.29 is 9.72 Å². The Morgan fingerprint density at radius 2 is 2.10 bits per heavy atom. The topological polar surface area (TPSA) is 78.0 Å². The van der Waals surface area contributed by atoms with Gasteiger partial charge in [0.25, 0.3) is 5.69 Å². The molecular formula is C14H13N3O3. The standard InChI is InChI=1S/C14H13N3O3/c1-2-16-10-12(9-15-16)14(18)8-5-11-3-6-13(7-4-11)17(19)20/h3-10H,2H2,1H3/b8-5+. The molecule has 0 saturated carbocycles. The largest absolute Gasteiger partial charge is 0.289 e. The average molecular weight is 271 g/mol. The highest BCUT2D eigenvalue weighted by atomic mass is 16.6. The van der Waals surface area contributed by atoms with E-state index in [0.29, 0.717) is 12.1 Å². The number of nitro benzene ring substituents is 1. The predicted octanol–water partition coefficient (Wildman–Crippen LogP) is 2.71. The minimum Gasteiger partial charge on any atom is -0.289 e. The molecule has 0 spiro atoms. The van der Waals surface area contributed by atoms with Crippen LogP contribution in [0.4, 0.5) is 5.69 Å². The lowest BCUT2D eigenvalue weighted by Crippen LogP contribution is -1.94. The van der Waals surface area contributed by atoms with E-state index in [9.17, 15) is 14.9 Å². The lowest BCUT2D eigenvalue weighted by atomic mass is 10.1. The molecule has 0 bridgehead atoms. The summed E-state index contributed by atoms with van der Waals surface area (Å²) in [6.07, 6.45) is 6.25. The Hall–Kier alpha value is -2.76. The summed E-state index contributed by atoms with van der Waals surface area (Å²) >= 11 is 0. The normalized spacial score (nSPS) is 10.8. The number of hydrogen-bond donors (Lipinski definition) is 0. The third kappa shape index (κ3) is 3.17. The van der Waals surface area contributed by atoms with Crippen LogP contribution in [0.1, 0.15) is 22.8 Å². The number of non-ortho nitro benzene ring substituents is 1. The minimum atomic E-state index is -0.461. The summed E-state index contributed by atoms with van der Waals surface area (Å²) in [6.45, 7) is 2.65. The lowest BCUT2D eigenvalue weighted by Gasteiger charge is -1.94. The van der Waals surface area contributed by atoms with Gasteiger partial charge in [0.15, 0.2) is 5.78 Å². The van der Waals surface area contributed by atoms with Gasteiger partial charge in [0.1, 0.15) is 0 Å². The zero-order chi connectivity index (χ0) is 14.5. The number of hydrogen-bond acceptors (Lipinski definition) is 4. The Bertz CT molecular complexity index is 657. The SMILES string of the molecule is CCn1cc(C(=O)/C=C/c2ccc([N+](=O)[O-])cc2)cn1. The number of aryl methyl sites for hydroxylation is 1. The van der Waals surface area contributed by atoms with Crippen molar-refractivity contribution in [2.24, 2.45) is 0 Å². The van der Waals surface area contributed by atoms with E-state index >= 15 is 0 Å². The zero-order valence-corrected chi connectivity index (χ0v) is 10.9. The Morgan fingerprint density at radius 3 is 2.65 bits per heavy atom. The van der Waals surface area contributed by atoms with Crippen LogP contribution in [0.25, 0.3) is 6.08 Å². The first kappa shape index (κ1) is 13.7. The summed E-state index contributed by atoms with van der Waals surface area (Å²) in [7, 11) is 0. The summed E-state index contributed by atoms with van der Waals surface area (Å²) < 4.78 is 1.67. The fourth-order valence-electron chi connectivity index (χ4n) is 1.64. The Morgan fingerprint density at radius 1 is 1.40 bits per heavy atom. The molecule has 0 aliphatic carbocycles. The maximum absolute atomic E-state index is 11.9. The molecule has 0 atom stereocenters. The van der Waals surface area contributed by atoms with E-state index in [1.807, 2.05) is 6.92 Å². The van der Waals surface area contributed by atoms with E-state index in [2.05, 4.69) is 5.10 Å². The third-order valence-electron chi connectivity index (χ3n) is 2.77. The van der Waals surface area contributed by atoms with Crippen LogP contribution in [0.5, 0.6) is 0 Å². The number of rotatable bonds is 5. The van der Waals surface area contributed by atoms with Crippen molar-refractivity contribution in [3.63, 3.8) is 0 Å². The summed E-state index contributed by atoms with van der Waals surface area (Å²) in [5, 5.41) is 14.5. The van der Waals surface area contributed by atoms with Gasteiger partial charge < -0.3 is 0 Å². The summed E-state index contributed by atoms with van der Waals surface area (Å²) in [5.41, 5.74) is 1.27. The van der Waals surface area contributed by atoms with Gasteiger partial charge in [-0.25, -0.2) is 0 Å². The van der Waals surface area contributed by atoms with Crippen molar-refractivity contribution in [3.8, 4) is 0 Å². The van der Waals surface area contributed by atoms with Crippen molar-refractivity contribution >= 4 is 17.5 Å². The second-order valence-corrected chi connectivity index (χ2v) is 4.13. The van der Waals surface area contributed by atoms with Crippen molar-refractivity contribution in [2.45, 2.75) is 13.5 Å². The number of aromatic nitrogens is 2. The molecule has 1 aromatic heterocycles. The van der Waals surface area contributed by atoms with Crippen molar-refractivity contribution in [1.82, 2.24) is 9.78 Å². The van der Waals surface area contributed by atoms with Crippen LogP contribution in [0.15, 0.2) is 42.7 Å². The molecule has 6 heteroatoms. The molecule has 0 radical (unpaired) electrons. The third-order valence-corrected chi connectivity index (χ3v) is 2.77. The molecule has 1 heterocycles. The predicted molar refractivity (Wildman–Crippen MR) is 74.4 cm³/mol. The van der Waals surface area contributed by atoms with Gasteiger partial charge in [0.2, 0.25) is 0 Å². The van der Waals surface area contributed by atoms with Crippen LogP contribution in [0.3, 0.4) is 0 Å². The molecule has 0 unspecified atom stereocenters. The van der Waals surface area contributed by atoms with Gasteiger partial charge in [-0.2, -0.15) is 5.10 Å². The molecule has 0 fully saturated rings. The smallest absolute Gasteiger partial charge is 0.269 e. The van der Waals surface area contributed by atoms with Crippen LogP contribution in [-0.4, -0.2) is 20.5 Å². The van der Waals surface area contributed by atoms with Crippen LogP contribution in [0.2, 0.25) is 0 Å². The summed E-state index contributed by atoms with van der Waals surface area (Å²) in [4.78, 5) is 21.9. The highest BCUT2D eigenvalue weighted by molar-refractivity contribution is 6.06. The van der Waals surface area contributed by atoms with Crippen LogP contribution in [-0.2, 0) is 6.54 Å². The molecule has 102 valence electrons. The van der Waals surface area contributed by atoms with E-state index < -0.39 is 4.92 Å². The van der Waals surface area contributed by atoms with Gasteiger partial charge in [0, 0.05) is 24.9 Å². The van der Waals surface area contributed by atoms with Crippen molar-refractivity contribution in [1.29, 1.82) is 0 Å².